The summed E-state index contributed by atoms with van der Waals surface area (Å²) in [6.07, 6.45) is 1.66. The molecule has 0 bridgehead atoms. The average Bonchev–Trinajstić information content (AvgIpc) is 3.66. The molecule has 0 aliphatic rings. The molecule has 1 atom stereocenters. The minimum atomic E-state index is -0.624. The third kappa shape index (κ3) is 9.88. The Morgan fingerprint density at radius 2 is 1.49 bits per heavy atom. The first kappa shape index (κ1) is 36.8. The van der Waals surface area contributed by atoms with Gasteiger partial charge in [0.1, 0.15) is 16.7 Å². The number of amides is 3. The highest BCUT2D eigenvalue weighted by Crippen LogP contribution is 2.38. The van der Waals surface area contributed by atoms with Crippen LogP contribution in [0.2, 0.25) is 0 Å². The van der Waals surface area contributed by atoms with Gasteiger partial charge in [-0.15, -0.1) is 23.1 Å². The molecule has 0 radical (unpaired) electrons. The number of carbonyl (C=O) groups excluding carboxylic acids is 3. The number of hydrogen-bond acceptors (Lipinski definition) is 7. The number of nitrogens with zero attached hydrogens (tertiary/aromatic N) is 1. The zero-order valence-corrected chi connectivity index (χ0v) is 31.0. The van der Waals surface area contributed by atoms with Crippen molar-refractivity contribution in [3.8, 4) is 17.0 Å². The maximum atomic E-state index is 13.9. The molecule has 0 aliphatic carbocycles. The van der Waals surface area contributed by atoms with Gasteiger partial charge in [-0.25, -0.2) is 4.98 Å². The Labute approximate surface area is 317 Å². The second-order valence-corrected chi connectivity index (χ2v) is 14.4. The highest BCUT2D eigenvalue weighted by Gasteiger charge is 2.24. The highest BCUT2D eigenvalue weighted by atomic mass is 32.2. The Balaban J connectivity index is 1.21. The highest BCUT2D eigenvalue weighted by molar-refractivity contribution is 8.00. The standard InChI is InChI=1S/C43H38N4O4S2/c1-28(2)30-22-20-29(21-23-30)24-37(45-40(48)32-14-8-5-9-15-32)41(49)44-34-17-11-19-36(26-34)53-39(31-12-6-4-7-13-31)42(50)47-43-46-38(27-52-43)33-16-10-18-35(25-33)51-3/h4-28,39H,1-3H3,(H,44,49)(H,45,48)(H,46,47,50)/b37-24+. The molecule has 53 heavy (non-hydrogen) atoms. The van der Waals surface area contributed by atoms with Gasteiger partial charge in [0.2, 0.25) is 5.91 Å². The molecule has 0 saturated heterocycles. The zero-order valence-electron chi connectivity index (χ0n) is 29.4. The monoisotopic (exact) mass is 738 g/mol. The van der Waals surface area contributed by atoms with E-state index >= 15 is 0 Å². The first-order valence-electron chi connectivity index (χ1n) is 17.0. The van der Waals surface area contributed by atoms with Crippen molar-refractivity contribution >= 4 is 57.7 Å². The lowest BCUT2D eigenvalue weighted by molar-refractivity contribution is -0.116. The first-order valence-corrected chi connectivity index (χ1v) is 18.7. The van der Waals surface area contributed by atoms with Crippen molar-refractivity contribution in [3.63, 3.8) is 0 Å². The van der Waals surface area contributed by atoms with E-state index in [9.17, 15) is 14.4 Å². The van der Waals surface area contributed by atoms with Gasteiger partial charge in [0.05, 0.1) is 12.8 Å². The summed E-state index contributed by atoms with van der Waals surface area (Å²) in [7, 11) is 1.62. The fourth-order valence-electron chi connectivity index (χ4n) is 5.39. The van der Waals surface area contributed by atoms with E-state index in [2.05, 4.69) is 34.8 Å². The summed E-state index contributed by atoms with van der Waals surface area (Å²) in [6.45, 7) is 4.23. The number of rotatable bonds is 13. The van der Waals surface area contributed by atoms with Crippen molar-refractivity contribution < 1.29 is 19.1 Å². The van der Waals surface area contributed by atoms with Crippen molar-refractivity contribution in [2.24, 2.45) is 0 Å². The Kier molecular flexibility index (Phi) is 12.2. The van der Waals surface area contributed by atoms with Crippen LogP contribution in [0.3, 0.4) is 0 Å². The molecule has 8 nitrogen and oxygen atoms in total. The summed E-state index contributed by atoms with van der Waals surface area (Å²) < 4.78 is 5.35. The molecule has 10 heteroatoms. The minimum Gasteiger partial charge on any atom is -0.497 e. The van der Waals surface area contributed by atoms with Crippen LogP contribution in [0.4, 0.5) is 10.8 Å². The Hall–Kier alpha value is -5.97. The van der Waals surface area contributed by atoms with Gasteiger partial charge in [0.15, 0.2) is 5.13 Å². The molecule has 0 saturated carbocycles. The van der Waals surface area contributed by atoms with Crippen LogP contribution in [0.15, 0.2) is 149 Å². The Morgan fingerprint density at radius 1 is 0.774 bits per heavy atom. The van der Waals surface area contributed by atoms with Gasteiger partial charge >= 0.3 is 0 Å². The van der Waals surface area contributed by atoms with E-state index in [0.29, 0.717) is 22.3 Å². The van der Waals surface area contributed by atoms with Gasteiger partial charge < -0.3 is 20.7 Å². The number of benzene rings is 5. The zero-order chi connectivity index (χ0) is 37.2. The number of thioether (sulfide) groups is 1. The smallest absolute Gasteiger partial charge is 0.272 e. The van der Waals surface area contributed by atoms with Gasteiger partial charge in [-0.05, 0) is 71.1 Å². The molecule has 266 valence electrons. The van der Waals surface area contributed by atoms with Gasteiger partial charge in [0, 0.05) is 27.1 Å². The van der Waals surface area contributed by atoms with E-state index in [1.165, 1.54) is 28.7 Å². The second kappa shape index (κ2) is 17.5. The number of aromatic nitrogens is 1. The van der Waals surface area contributed by atoms with Gasteiger partial charge in [-0.3, -0.25) is 14.4 Å². The molecule has 1 unspecified atom stereocenters. The third-order valence-electron chi connectivity index (χ3n) is 8.23. The lowest BCUT2D eigenvalue weighted by Gasteiger charge is -2.17. The van der Waals surface area contributed by atoms with Crippen LogP contribution in [0, 0.1) is 0 Å². The summed E-state index contributed by atoms with van der Waals surface area (Å²) in [5.74, 6) is -0.0450. The van der Waals surface area contributed by atoms with Crippen LogP contribution < -0.4 is 20.7 Å². The molecule has 1 aromatic heterocycles. The van der Waals surface area contributed by atoms with Crippen molar-refractivity contribution in [3.05, 3.63) is 167 Å². The predicted octanol–water partition coefficient (Wildman–Crippen LogP) is 9.82. The number of methoxy groups -OCH3 is 1. The normalized spacial score (nSPS) is 11.8. The maximum Gasteiger partial charge on any atom is 0.272 e. The van der Waals surface area contributed by atoms with Crippen LogP contribution in [0.5, 0.6) is 5.75 Å². The van der Waals surface area contributed by atoms with Gasteiger partial charge in [-0.1, -0.05) is 105 Å². The van der Waals surface area contributed by atoms with Gasteiger partial charge in [0.25, 0.3) is 11.8 Å². The predicted molar refractivity (Wildman–Crippen MR) is 215 cm³/mol. The Bertz CT molecular complexity index is 2220. The molecule has 3 N–H and O–H groups in total. The number of anilines is 2. The van der Waals surface area contributed by atoms with Crippen LogP contribution in [0.25, 0.3) is 17.3 Å². The lowest BCUT2D eigenvalue weighted by Crippen LogP contribution is -2.30. The quantitative estimate of drug-likeness (QED) is 0.0804. The molecule has 0 spiro atoms. The molecule has 0 fully saturated rings. The SMILES string of the molecule is COc1cccc(-c2csc(NC(=O)C(Sc3cccc(NC(=O)/C(=C\c4ccc(C(C)C)cc4)NC(=O)c4ccccc4)c3)c3ccccc3)n2)c1. The van der Waals surface area contributed by atoms with E-state index in [0.717, 1.165) is 33.0 Å². The summed E-state index contributed by atoms with van der Waals surface area (Å²) in [6, 6.07) is 41.0. The number of nitrogens with one attached hydrogen (secondary N) is 3. The van der Waals surface area contributed by atoms with Crippen molar-refractivity contribution in [2.45, 2.75) is 29.9 Å². The van der Waals surface area contributed by atoms with E-state index in [4.69, 9.17) is 4.74 Å². The van der Waals surface area contributed by atoms with E-state index in [1.54, 1.807) is 43.5 Å². The fourth-order valence-corrected chi connectivity index (χ4v) is 7.19. The summed E-state index contributed by atoms with van der Waals surface area (Å²) in [5, 5.41) is 10.5. The number of ether oxygens (including phenoxy) is 1. The number of thiazole rings is 1. The first-order chi connectivity index (χ1) is 25.7. The third-order valence-corrected chi connectivity index (χ3v) is 10.2. The van der Waals surface area contributed by atoms with E-state index in [-0.39, 0.29) is 11.6 Å². The van der Waals surface area contributed by atoms with Gasteiger partial charge in [-0.2, -0.15) is 0 Å². The number of hydrogen-bond donors (Lipinski definition) is 3. The molecule has 1 heterocycles. The molecule has 6 rings (SSSR count). The average molecular weight is 739 g/mol. The summed E-state index contributed by atoms with van der Waals surface area (Å²) >= 11 is 2.70. The van der Waals surface area contributed by atoms with Crippen molar-refractivity contribution in [1.29, 1.82) is 0 Å². The topological polar surface area (TPSA) is 109 Å². The van der Waals surface area contributed by atoms with Crippen molar-refractivity contribution in [2.75, 3.05) is 17.7 Å². The van der Waals surface area contributed by atoms with Crippen LogP contribution >= 0.6 is 23.1 Å². The molecular formula is C43H38N4O4S2. The largest absolute Gasteiger partial charge is 0.497 e. The maximum absolute atomic E-state index is 13.9. The minimum absolute atomic E-state index is 0.0903. The van der Waals surface area contributed by atoms with Crippen LogP contribution in [-0.4, -0.2) is 29.8 Å². The van der Waals surface area contributed by atoms with E-state index in [1.807, 2.05) is 109 Å². The molecular weight excluding hydrogens is 701 g/mol. The fraction of sp³-hybridized carbons (Fsp3) is 0.116. The molecule has 0 aliphatic heterocycles. The number of carbonyl (C=O) groups is 3. The summed E-state index contributed by atoms with van der Waals surface area (Å²) in [5.41, 5.74) is 5.39. The molecule has 5 aromatic carbocycles. The summed E-state index contributed by atoms with van der Waals surface area (Å²) in [4.78, 5) is 46.2. The van der Waals surface area contributed by atoms with Crippen LogP contribution in [0.1, 0.15) is 52.1 Å². The van der Waals surface area contributed by atoms with E-state index < -0.39 is 17.1 Å². The molecule has 6 aromatic rings. The van der Waals surface area contributed by atoms with Crippen LogP contribution in [-0.2, 0) is 9.59 Å². The molecule has 3 amide bonds. The second-order valence-electron chi connectivity index (χ2n) is 12.3. The lowest BCUT2D eigenvalue weighted by atomic mass is 10.0. The Morgan fingerprint density at radius 3 is 2.21 bits per heavy atom. The van der Waals surface area contributed by atoms with Crippen molar-refractivity contribution in [1.82, 2.24) is 10.3 Å².